The molecule has 2 heterocycles. The number of nitrogens with zero attached hydrogens (tertiary/aromatic N) is 2. The summed E-state index contributed by atoms with van der Waals surface area (Å²) in [6.07, 6.45) is 11.7. The van der Waals surface area contributed by atoms with Crippen LogP contribution in [0.1, 0.15) is 80.1 Å². The molecule has 2 aliphatic rings. The van der Waals surface area contributed by atoms with Crippen molar-refractivity contribution in [3.63, 3.8) is 0 Å². The summed E-state index contributed by atoms with van der Waals surface area (Å²) >= 11 is 1.81. The summed E-state index contributed by atoms with van der Waals surface area (Å²) < 4.78 is 5.40. The number of rotatable bonds is 17. The van der Waals surface area contributed by atoms with E-state index in [1.165, 1.54) is 57.9 Å². The maximum Gasteiger partial charge on any atom is 0.255 e. The second kappa shape index (κ2) is 16.0. The molecule has 36 heavy (non-hydrogen) atoms. The molecule has 3 rings (SSSR count). The number of benzene rings is 1. The number of hydrogen-bond acceptors (Lipinski definition) is 6. The van der Waals surface area contributed by atoms with E-state index in [9.17, 15) is 14.4 Å². The third-order valence-electron chi connectivity index (χ3n) is 7.17. The van der Waals surface area contributed by atoms with Gasteiger partial charge < -0.3 is 19.7 Å². The van der Waals surface area contributed by atoms with E-state index >= 15 is 0 Å². The number of amides is 2. The first-order valence-electron chi connectivity index (χ1n) is 13.7. The van der Waals surface area contributed by atoms with Crippen LogP contribution in [0.3, 0.4) is 0 Å². The van der Waals surface area contributed by atoms with Crippen molar-refractivity contribution in [1.82, 2.24) is 15.1 Å². The average molecular weight is 518 g/mol. The van der Waals surface area contributed by atoms with Crippen molar-refractivity contribution in [2.24, 2.45) is 0 Å². The van der Waals surface area contributed by atoms with E-state index in [1.54, 1.807) is 11.9 Å². The topological polar surface area (TPSA) is 79.0 Å². The van der Waals surface area contributed by atoms with Crippen LogP contribution in [0.4, 0.5) is 0 Å². The van der Waals surface area contributed by atoms with Crippen LogP contribution in [0.5, 0.6) is 0 Å². The number of ether oxygens (including phenoxy) is 1. The molecule has 1 aromatic rings. The van der Waals surface area contributed by atoms with Gasteiger partial charge in [0.2, 0.25) is 5.91 Å². The molecule has 1 aromatic carbocycles. The molecule has 7 nitrogen and oxygen atoms in total. The molecule has 1 atom stereocenters. The van der Waals surface area contributed by atoms with Crippen molar-refractivity contribution in [2.45, 2.75) is 81.7 Å². The number of likely N-dealkylation sites (N-methyl/N-ethyl adjacent to an activating group) is 1. The molecule has 0 aliphatic carbocycles. The minimum absolute atomic E-state index is 0.114. The Morgan fingerprint density at radius 1 is 1.08 bits per heavy atom. The zero-order chi connectivity index (χ0) is 25.6. The van der Waals surface area contributed by atoms with Crippen molar-refractivity contribution < 1.29 is 19.1 Å². The Kier molecular flexibility index (Phi) is 12.8. The van der Waals surface area contributed by atoms with Gasteiger partial charge in [0, 0.05) is 43.6 Å². The first kappa shape index (κ1) is 28.7. The Labute approximate surface area is 220 Å². The third kappa shape index (κ3) is 8.60. The fraction of sp³-hybridized carbons (Fsp3) is 0.679. The van der Waals surface area contributed by atoms with Crippen LogP contribution in [0.15, 0.2) is 23.1 Å². The highest BCUT2D eigenvalue weighted by atomic mass is 32.2. The van der Waals surface area contributed by atoms with Crippen molar-refractivity contribution in [1.29, 1.82) is 0 Å². The Bertz CT molecular complexity index is 844. The molecule has 0 aromatic heterocycles. The Balaban J connectivity index is 1.32. The fourth-order valence-electron chi connectivity index (χ4n) is 5.04. The minimum Gasteiger partial charge on any atom is -0.379 e. The maximum atomic E-state index is 13.0. The van der Waals surface area contributed by atoms with E-state index in [0.717, 1.165) is 48.8 Å². The number of fused-ring (bicyclic) bond motifs is 1. The van der Waals surface area contributed by atoms with E-state index in [0.29, 0.717) is 18.5 Å². The Morgan fingerprint density at radius 3 is 2.47 bits per heavy atom. The van der Waals surface area contributed by atoms with Gasteiger partial charge in [-0.2, -0.15) is 0 Å². The molecule has 0 bridgehead atoms. The molecular weight excluding hydrogens is 474 g/mol. The Hall–Kier alpha value is -1.90. The van der Waals surface area contributed by atoms with Crippen molar-refractivity contribution in [2.75, 3.05) is 45.6 Å². The average Bonchev–Trinajstić information content (AvgIpc) is 3.24. The summed E-state index contributed by atoms with van der Waals surface area (Å²) in [7, 11) is 1.57. The molecule has 200 valence electrons. The molecule has 1 unspecified atom stereocenters. The lowest BCUT2D eigenvalue weighted by Crippen LogP contribution is -2.46. The van der Waals surface area contributed by atoms with E-state index in [-0.39, 0.29) is 18.2 Å². The first-order chi connectivity index (χ1) is 17.7. The van der Waals surface area contributed by atoms with Crippen molar-refractivity contribution in [3.05, 3.63) is 29.3 Å². The van der Waals surface area contributed by atoms with Crippen LogP contribution in [-0.4, -0.2) is 79.6 Å². The predicted octanol–water partition coefficient (Wildman–Crippen LogP) is 4.28. The standard InChI is InChI=1S/C28H43N3O4S/c1-29-27(33)25(13-11-18-32)31-22-24-23(28(31)34)12-10-14-26(24)36-21-9-7-5-3-2-4-6-8-15-30-16-19-35-20-17-30/h10,12,14,18,25H,2-9,11,13,15-17,19-22H2,1H3,(H,29,33). The highest BCUT2D eigenvalue weighted by Crippen LogP contribution is 2.34. The molecule has 2 amide bonds. The number of nitrogens with one attached hydrogen (secondary N) is 1. The maximum absolute atomic E-state index is 13.0. The molecule has 1 fully saturated rings. The van der Waals surface area contributed by atoms with Crippen LogP contribution < -0.4 is 5.32 Å². The van der Waals surface area contributed by atoms with Gasteiger partial charge in [0.25, 0.3) is 5.91 Å². The lowest BCUT2D eigenvalue weighted by molar-refractivity contribution is -0.125. The predicted molar refractivity (Wildman–Crippen MR) is 144 cm³/mol. The molecule has 1 saturated heterocycles. The van der Waals surface area contributed by atoms with Gasteiger partial charge in [0.15, 0.2) is 0 Å². The second-order valence-electron chi connectivity index (χ2n) is 9.72. The lowest BCUT2D eigenvalue weighted by atomic mass is 10.1. The van der Waals surface area contributed by atoms with E-state index < -0.39 is 6.04 Å². The molecule has 0 saturated carbocycles. The minimum atomic E-state index is -0.614. The summed E-state index contributed by atoms with van der Waals surface area (Å²) in [6, 6.07) is 5.25. The summed E-state index contributed by atoms with van der Waals surface area (Å²) in [6.45, 7) is 5.62. The highest BCUT2D eigenvalue weighted by molar-refractivity contribution is 7.99. The van der Waals surface area contributed by atoms with Gasteiger partial charge in [-0.25, -0.2) is 0 Å². The van der Waals surface area contributed by atoms with E-state index in [1.807, 2.05) is 23.9 Å². The molecule has 8 heteroatoms. The number of morpholine rings is 1. The van der Waals surface area contributed by atoms with Crippen LogP contribution in [0.25, 0.3) is 0 Å². The molecule has 2 aliphatic heterocycles. The third-order valence-corrected chi connectivity index (χ3v) is 8.35. The van der Waals surface area contributed by atoms with Gasteiger partial charge in [0.05, 0.1) is 13.2 Å². The monoisotopic (exact) mass is 517 g/mol. The number of hydrogen-bond donors (Lipinski definition) is 1. The van der Waals surface area contributed by atoms with Crippen LogP contribution in [0, 0.1) is 0 Å². The molecule has 1 N–H and O–H groups in total. The largest absolute Gasteiger partial charge is 0.379 e. The number of thioether (sulfide) groups is 1. The summed E-state index contributed by atoms with van der Waals surface area (Å²) in [4.78, 5) is 41.6. The molecule has 0 spiro atoms. The van der Waals surface area contributed by atoms with Gasteiger partial charge in [-0.1, -0.05) is 44.6 Å². The van der Waals surface area contributed by atoms with Crippen molar-refractivity contribution >= 4 is 29.9 Å². The number of carbonyl (C=O) groups excluding carboxylic acids is 3. The van der Waals surface area contributed by atoms with Gasteiger partial charge in [0.1, 0.15) is 12.3 Å². The molecular formula is C28H43N3O4S. The van der Waals surface area contributed by atoms with E-state index in [2.05, 4.69) is 16.3 Å². The Morgan fingerprint density at radius 2 is 1.78 bits per heavy atom. The smallest absolute Gasteiger partial charge is 0.255 e. The van der Waals surface area contributed by atoms with Crippen LogP contribution in [-0.2, 0) is 20.9 Å². The zero-order valence-electron chi connectivity index (χ0n) is 21.8. The summed E-state index contributed by atoms with van der Waals surface area (Å²) in [5.74, 6) is 0.704. The highest BCUT2D eigenvalue weighted by Gasteiger charge is 2.36. The number of unbranched alkanes of at least 4 members (excludes halogenated alkanes) is 7. The lowest BCUT2D eigenvalue weighted by Gasteiger charge is -2.26. The van der Waals surface area contributed by atoms with Gasteiger partial charge >= 0.3 is 0 Å². The van der Waals surface area contributed by atoms with E-state index in [4.69, 9.17) is 4.74 Å². The van der Waals surface area contributed by atoms with Crippen molar-refractivity contribution in [3.8, 4) is 0 Å². The number of aldehydes is 1. The first-order valence-corrected chi connectivity index (χ1v) is 14.6. The zero-order valence-corrected chi connectivity index (χ0v) is 22.7. The second-order valence-corrected chi connectivity index (χ2v) is 10.9. The SMILES string of the molecule is CNC(=O)C(CCC=O)N1Cc2c(SCCCCCCCCCCN3CCOCC3)cccc2C1=O. The van der Waals surface area contributed by atoms with Gasteiger partial charge in [-0.05, 0) is 49.3 Å². The van der Waals surface area contributed by atoms with Crippen LogP contribution in [0.2, 0.25) is 0 Å². The summed E-state index contributed by atoms with van der Waals surface area (Å²) in [5, 5.41) is 2.64. The molecule has 0 radical (unpaired) electrons. The van der Waals surface area contributed by atoms with Gasteiger partial charge in [-0.15, -0.1) is 11.8 Å². The quantitative estimate of drug-likeness (QED) is 0.189. The van der Waals surface area contributed by atoms with Gasteiger partial charge in [-0.3, -0.25) is 14.5 Å². The van der Waals surface area contributed by atoms with Crippen LogP contribution >= 0.6 is 11.8 Å². The summed E-state index contributed by atoms with van der Waals surface area (Å²) in [5.41, 5.74) is 1.71. The normalized spacial score (nSPS) is 16.7. The number of carbonyl (C=O) groups is 3. The fourth-order valence-corrected chi connectivity index (χ4v) is 6.13.